The molecule has 1 fully saturated rings. The molecule has 1 aliphatic rings. The quantitative estimate of drug-likeness (QED) is 0.644. The lowest BCUT2D eigenvalue weighted by molar-refractivity contribution is 0.409. The number of aromatic nitrogens is 2. The highest BCUT2D eigenvalue weighted by Gasteiger charge is 2.27. The van der Waals surface area contributed by atoms with Gasteiger partial charge in [-0.05, 0) is 56.3 Å². The van der Waals surface area contributed by atoms with Crippen molar-refractivity contribution >= 4 is 22.4 Å². The van der Waals surface area contributed by atoms with Crippen molar-refractivity contribution in [3.05, 3.63) is 46.4 Å². The third-order valence-electron chi connectivity index (χ3n) is 5.96. The van der Waals surface area contributed by atoms with Crippen molar-refractivity contribution in [1.82, 2.24) is 14.9 Å². The predicted octanol–water partition coefficient (Wildman–Crippen LogP) is 3.02. The average Bonchev–Trinajstić information content (AvgIpc) is 3.18. The number of nitrogens with zero attached hydrogens (tertiary/aromatic N) is 5. The summed E-state index contributed by atoms with van der Waals surface area (Å²) in [6.07, 6.45) is 3.58. The summed E-state index contributed by atoms with van der Waals surface area (Å²) < 4.78 is 5.74. The third-order valence-corrected chi connectivity index (χ3v) is 5.96. The van der Waals surface area contributed by atoms with Gasteiger partial charge >= 0.3 is 5.63 Å². The number of likely N-dealkylation sites (N-methyl/N-ethyl adjacent to an activating group) is 2. The molecule has 1 atom stereocenters. The smallest absolute Gasteiger partial charge is 0.347 e. The molecule has 0 saturated carbocycles. The zero-order valence-electron chi connectivity index (χ0n) is 18.3. The van der Waals surface area contributed by atoms with Crippen molar-refractivity contribution in [1.29, 1.82) is 0 Å². The fourth-order valence-corrected chi connectivity index (χ4v) is 4.16. The minimum absolute atomic E-state index is 0.312. The van der Waals surface area contributed by atoms with Crippen LogP contribution in [-0.2, 0) is 6.42 Å². The summed E-state index contributed by atoms with van der Waals surface area (Å²) in [5.41, 5.74) is 3.00. The molecule has 0 amide bonds. The maximum atomic E-state index is 13.0. The van der Waals surface area contributed by atoms with Crippen LogP contribution in [0.4, 0.5) is 11.5 Å². The second-order valence-corrected chi connectivity index (χ2v) is 8.24. The van der Waals surface area contributed by atoms with E-state index in [4.69, 9.17) is 9.40 Å². The van der Waals surface area contributed by atoms with Crippen molar-refractivity contribution in [2.45, 2.75) is 25.8 Å². The normalized spacial score (nSPS) is 16.9. The van der Waals surface area contributed by atoms with Gasteiger partial charge in [0.25, 0.3) is 0 Å². The van der Waals surface area contributed by atoms with Crippen molar-refractivity contribution in [2.24, 2.45) is 0 Å². The number of anilines is 2. The van der Waals surface area contributed by atoms with Gasteiger partial charge in [0.2, 0.25) is 5.89 Å². The summed E-state index contributed by atoms with van der Waals surface area (Å²) in [6, 6.07) is 8.11. The largest absolute Gasteiger partial charge is 0.403 e. The van der Waals surface area contributed by atoms with Crippen LogP contribution < -0.4 is 15.4 Å². The fourth-order valence-electron chi connectivity index (χ4n) is 4.16. The van der Waals surface area contributed by atoms with Crippen LogP contribution in [0.25, 0.3) is 22.4 Å². The number of likely N-dealkylation sites (tertiary alicyclic amines) is 1. The Morgan fingerprint density at radius 2 is 2.07 bits per heavy atom. The monoisotopic (exact) mass is 407 g/mol. The van der Waals surface area contributed by atoms with Crippen LogP contribution in [0.5, 0.6) is 0 Å². The Kier molecular flexibility index (Phi) is 5.47. The van der Waals surface area contributed by atoms with E-state index in [0.717, 1.165) is 48.6 Å². The Morgan fingerprint density at radius 3 is 2.73 bits per heavy atom. The first-order valence-corrected chi connectivity index (χ1v) is 10.4. The minimum Gasteiger partial charge on any atom is -0.403 e. The average molecular weight is 408 g/mol. The zero-order chi connectivity index (χ0) is 21.4. The van der Waals surface area contributed by atoms with E-state index in [2.05, 4.69) is 21.8 Å². The second kappa shape index (κ2) is 8.07. The molecule has 7 nitrogen and oxygen atoms in total. The van der Waals surface area contributed by atoms with E-state index in [9.17, 15) is 4.79 Å². The van der Waals surface area contributed by atoms with Crippen molar-refractivity contribution < 1.29 is 4.42 Å². The fraction of sp³-hybridized carbons (Fsp3) is 0.435. The minimum atomic E-state index is -0.352. The van der Waals surface area contributed by atoms with Gasteiger partial charge in [0, 0.05) is 45.6 Å². The number of hydrogen-bond acceptors (Lipinski definition) is 7. The summed E-state index contributed by atoms with van der Waals surface area (Å²) in [5.74, 6) is 1.10. The van der Waals surface area contributed by atoms with Crippen LogP contribution in [-0.4, -0.2) is 62.2 Å². The molecule has 1 aromatic carbocycles. The van der Waals surface area contributed by atoms with E-state index >= 15 is 0 Å². The zero-order valence-corrected chi connectivity index (χ0v) is 18.3. The van der Waals surface area contributed by atoms with Gasteiger partial charge < -0.3 is 19.1 Å². The summed E-state index contributed by atoms with van der Waals surface area (Å²) in [5, 5.41) is 0.558. The standard InChI is InChI=1S/C23H29N5O2/c1-6-15-12-17(26(2)3)13-19-20(15)23(29)30-22(25-19)18-8-7-10-24-21(18)28(5)16-9-11-27(4)14-16/h7-8,10,12-13,16H,6,9,11,14H2,1-5H3. The topological polar surface area (TPSA) is 65.7 Å². The summed E-state index contributed by atoms with van der Waals surface area (Å²) in [7, 11) is 8.15. The number of benzene rings is 1. The molecule has 7 heteroatoms. The van der Waals surface area contributed by atoms with Gasteiger partial charge in [0.15, 0.2) is 0 Å². The lowest BCUT2D eigenvalue weighted by Crippen LogP contribution is -2.34. The Balaban J connectivity index is 1.85. The molecule has 0 bridgehead atoms. The van der Waals surface area contributed by atoms with E-state index in [1.807, 2.05) is 57.2 Å². The van der Waals surface area contributed by atoms with Crippen molar-refractivity contribution in [2.75, 3.05) is 51.1 Å². The summed E-state index contributed by atoms with van der Waals surface area (Å²) in [6.45, 7) is 4.08. The van der Waals surface area contributed by atoms with Crippen LogP contribution in [0.3, 0.4) is 0 Å². The van der Waals surface area contributed by atoms with Gasteiger partial charge in [-0.25, -0.2) is 14.8 Å². The molecule has 30 heavy (non-hydrogen) atoms. The van der Waals surface area contributed by atoms with E-state index in [-0.39, 0.29) is 5.63 Å². The number of pyridine rings is 1. The first-order valence-electron chi connectivity index (χ1n) is 10.4. The number of aryl methyl sites for hydroxylation is 1. The van der Waals surface area contributed by atoms with Crippen LogP contribution in [0, 0.1) is 0 Å². The van der Waals surface area contributed by atoms with Crippen LogP contribution >= 0.6 is 0 Å². The highest BCUT2D eigenvalue weighted by molar-refractivity contribution is 5.86. The maximum absolute atomic E-state index is 13.0. The molecular weight excluding hydrogens is 378 g/mol. The lowest BCUT2D eigenvalue weighted by Gasteiger charge is -2.27. The Morgan fingerprint density at radius 1 is 1.27 bits per heavy atom. The highest BCUT2D eigenvalue weighted by Crippen LogP contribution is 2.31. The van der Waals surface area contributed by atoms with Crippen LogP contribution in [0.15, 0.2) is 39.7 Å². The first-order chi connectivity index (χ1) is 14.4. The van der Waals surface area contributed by atoms with E-state index in [1.165, 1.54) is 0 Å². The number of rotatable bonds is 5. The molecule has 2 aromatic heterocycles. The molecule has 1 saturated heterocycles. The molecule has 4 rings (SSSR count). The second-order valence-electron chi connectivity index (χ2n) is 8.24. The van der Waals surface area contributed by atoms with E-state index in [0.29, 0.717) is 22.8 Å². The number of hydrogen-bond donors (Lipinski definition) is 0. The first kappa shape index (κ1) is 20.3. The Labute approximate surface area is 176 Å². The van der Waals surface area contributed by atoms with Crippen LogP contribution in [0.1, 0.15) is 18.9 Å². The molecule has 3 aromatic rings. The number of fused-ring (bicyclic) bond motifs is 1. The molecule has 0 spiro atoms. The van der Waals surface area contributed by atoms with Gasteiger partial charge in [-0.1, -0.05) is 6.92 Å². The summed E-state index contributed by atoms with van der Waals surface area (Å²) >= 11 is 0. The van der Waals surface area contributed by atoms with Gasteiger partial charge in [-0.2, -0.15) is 0 Å². The molecule has 0 aliphatic carbocycles. The molecule has 0 N–H and O–H groups in total. The highest BCUT2D eigenvalue weighted by atomic mass is 16.4. The van der Waals surface area contributed by atoms with E-state index < -0.39 is 0 Å². The predicted molar refractivity (Wildman–Crippen MR) is 122 cm³/mol. The van der Waals surface area contributed by atoms with Gasteiger partial charge in [0.1, 0.15) is 5.82 Å². The van der Waals surface area contributed by atoms with Crippen molar-refractivity contribution in [3.8, 4) is 11.5 Å². The molecule has 158 valence electrons. The molecule has 1 aliphatic heterocycles. The lowest BCUT2D eigenvalue weighted by atomic mass is 10.1. The van der Waals surface area contributed by atoms with Crippen molar-refractivity contribution in [3.63, 3.8) is 0 Å². The molecule has 1 unspecified atom stereocenters. The molecular formula is C23H29N5O2. The SMILES string of the molecule is CCc1cc(N(C)C)cc2nc(-c3cccnc3N(C)C3CCN(C)C3)oc(=O)c12. The maximum Gasteiger partial charge on any atom is 0.347 e. The third kappa shape index (κ3) is 3.65. The van der Waals surface area contributed by atoms with Gasteiger partial charge in [-0.15, -0.1) is 0 Å². The summed E-state index contributed by atoms with van der Waals surface area (Å²) in [4.78, 5) is 28.9. The molecule has 3 heterocycles. The van der Waals surface area contributed by atoms with Gasteiger partial charge in [-0.3, -0.25) is 0 Å². The van der Waals surface area contributed by atoms with Crippen LogP contribution in [0.2, 0.25) is 0 Å². The molecule has 0 radical (unpaired) electrons. The Hall–Kier alpha value is -2.93. The van der Waals surface area contributed by atoms with Gasteiger partial charge in [0.05, 0.1) is 16.5 Å². The van der Waals surface area contributed by atoms with E-state index in [1.54, 1.807) is 6.20 Å². The Bertz CT molecular complexity index is 1120.